The minimum atomic E-state index is -0.431. The lowest BCUT2D eigenvalue weighted by atomic mass is 10.1. The molecule has 1 aliphatic heterocycles. The van der Waals surface area contributed by atoms with Crippen LogP contribution in [0.2, 0.25) is 0 Å². The fraction of sp³-hybridized carbons (Fsp3) is 0.238. The van der Waals surface area contributed by atoms with Gasteiger partial charge in [0.1, 0.15) is 5.75 Å². The number of aliphatic imine (C=N–C) groups is 1. The number of hydrogen-bond acceptors (Lipinski definition) is 4. The standard InChI is InChI=1S/C21H21NO3/c1-3-4-12-24-18-10-8-16(9-11-18)14-19-21(23)25-20(22-19)17-7-5-6-15(2)13-17/h5-11,13-14H,3-4,12H2,1-2H3. The molecule has 0 radical (unpaired) electrons. The molecule has 1 heterocycles. The fourth-order valence-electron chi connectivity index (χ4n) is 2.46. The second kappa shape index (κ2) is 7.79. The maximum absolute atomic E-state index is 12.1. The Morgan fingerprint density at radius 2 is 1.96 bits per heavy atom. The summed E-state index contributed by atoms with van der Waals surface area (Å²) in [6, 6.07) is 15.3. The Kier molecular flexibility index (Phi) is 5.29. The molecule has 0 amide bonds. The van der Waals surface area contributed by atoms with E-state index in [2.05, 4.69) is 11.9 Å². The molecular formula is C21H21NO3. The molecule has 128 valence electrons. The van der Waals surface area contributed by atoms with E-state index in [0.29, 0.717) is 18.2 Å². The number of carbonyl (C=O) groups excluding carboxylic acids is 1. The largest absolute Gasteiger partial charge is 0.494 e. The van der Waals surface area contributed by atoms with Crippen molar-refractivity contribution < 1.29 is 14.3 Å². The molecule has 0 saturated heterocycles. The van der Waals surface area contributed by atoms with Crippen molar-refractivity contribution in [3.63, 3.8) is 0 Å². The van der Waals surface area contributed by atoms with Gasteiger partial charge in [-0.05, 0) is 49.2 Å². The normalized spacial score (nSPS) is 15.2. The van der Waals surface area contributed by atoms with Crippen LogP contribution in [0.15, 0.2) is 59.2 Å². The summed E-state index contributed by atoms with van der Waals surface area (Å²) in [6.45, 7) is 4.83. The molecule has 0 atom stereocenters. The van der Waals surface area contributed by atoms with Crippen LogP contribution in [0.4, 0.5) is 0 Å². The summed E-state index contributed by atoms with van der Waals surface area (Å²) in [7, 11) is 0. The maximum Gasteiger partial charge on any atom is 0.363 e. The van der Waals surface area contributed by atoms with Crippen molar-refractivity contribution in [2.75, 3.05) is 6.61 Å². The zero-order chi connectivity index (χ0) is 17.6. The Hall–Kier alpha value is -2.88. The Balaban J connectivity index is 1.75. The van der Waals surface area contributed by atoms with Crippen LogP contribution in [0.3, 0.4) is 0 Å². The summed E-state index contributed by atoms with van der Waals surface area (Å²) in [5.74, 6) is 0.743. The molecule has 0 saturated carbocycles. The zero-order valence-corrected chi connectivity index (χ0v) is 14.5. The number of ether oxygens (including phenoxy) is 2. The van der Waals surface area contributed by atoms with E-state index in [0.717, 1.165) is 35.3 Å². The maximum atomic E-state index is 12.1. The summed E-state index contributed by atoms with van der Waals surface area (Å²) in [5.41, 5.74) is 3.07. The molecule has 4 heteroatoms. The average molecular weight is 335 g/mol. The predicted octanol–water partition coefficient (Wildman–Crippen LogP) is 4.52. The van der Waals surface area contributed by atoms with E-state index in [4.69, 9.17) is 9.47 Å². The Morgan fingerprint density at radius 3 is 2.68 bits per heavy atom. The van der Waals surface area contributed by atoms with Crippen molar-refractivity contribution in [1.82, 2.24) is 0 Å². The fourth-order valence-corrected chi connectivity index (χ4v) is 2.46. The molecule has 0 aliphatic carbocycles. The third-order valence-corrected chi connectivity index (χ3v) is 3.84. The summed E-state index contributed by atoms with van der Waals surface area (Å²) in [6.07, 6.45) is 3.86. The highest BCUT2D eigenvalue weighted by Crippen LogP contribution is 2.21. The number of cyclic esters (lactones) is 1. The molecule has 4 nitrogen and oxygen atoms in total. The van der Waals surface area contributed by atoms with Crippen molar-refractivity contribution in [1.29, 1.82) is 0 Å². The SMILES string of the molecule is CCCCOc1ccc(C=C2N=C(c3cccc(C)c3)OC2=O)cc1. The summed E-state index contributed by atoms with van der Waals surface area (Å²) in [4.78, 5) is 16.4. The number of carbonyl (C=O) groups is 1. The zero-order valence-electron chi connectivity index (χ0n) is 14.5. The number of rotatable bonds is 6. The second-order valence-electron chi connectivity index (χ2n) is 5.98. The van der Waals surface area contributed by atoms with Crippen LogP contribution < -0.4 is 4.74 Å². The second-order valence-corrected chi connectivity index (χ2v) is 5.98. The third kappa shape index (κ3) is 4.35. The van der Waals surface area contributed by atoms with Crippen LogP contribution in [-0.2, 0) is 9.53 Å². The monoisotopic (exact) mass is 335 g/mol. The Labute approximate surface area is 147 Å². The molecule has 0 bridgehead atoms. The predicted molar refractivity (Wildman–Crippen MR) is 98.6 cm³/mol. The molecule has 0 spiro atoms. The Morgan fingerprint density at radius 1 is 1.16 bits per heavy atom. The topological polar surface area (TPSA) is 47.9 Å². The number of nitrogens with zero attached hydrogens (tertiary/aromatic N) is 1. The lowest BCUT2D eigenvalue weighted by molar-refractivity contribution is -0.129. The number of aryl methyl sites for hydroxylation is 1. The van der Waals surface area contributed by atoms with Crippen molar-refractivity contribution in [3.8, 4) is 5.75 Å². The van der Waals surface area contributed by atoms with Crippen molar-refractivity contribution >= 4 is 17.9 Å². The van der Waals surface area contributed by atoms with E-state index in [9.17, 15) is 4.79 Å². The molecule has 2 aromatic rings. The van der Waals surface area contributed by atoms with Gasteiger partial charge in [-0.15, -0.1) is 0 Å². The molecule has 0 aromatic heterocycles. The first-order chi connectivity index (χ1) is 12.2. The minimum Gasteiger partial charge on any atom is -0.494 e. The lowest BCUT2D eigenvalue weighted by Gasteiger charge is -2.05. The first-order valence-electron chi connectivity index (χ1n) is 8.48. The molecule has 0 fully saturated rings. The van der Waals surface area contributed by atoms with Crippen molar-refractivity contribution in [3.05, 3.63) is 70.9 Å². The van der Waals surface area contributed by atoms with Gasteiger partial charge in [-0.1, -0.05) is 43.2 Å². The van der Waals surface area contributed by atoms with Gasteiger partial charge < -0.3 is 9.47 Å². The number of esters is 1. The average Bonchev–Trinajstić information content (AvgIpc) is 2.97. The van der Waals surface area contributed by atoms with Crippen LogP contribution >= 0.6 is 0 Å². The van der Waals surface area contributed by atoms with Gasteiger partial charge in [-0.25, -0.2) is 9.79 Å². The van der Waals surface area contributed by atoms with Gasteiger partial charge in [0.2, 0.25) is 5.90 Å². The molecule has 2 aromatic carbocycles. The quantitative estimate of drug-likeness (QED) is 0.443. The van der Waals surface area contributed by atoms with E-state index in [1.807, 2.05) is 55.5 Å². The highest BCUT2D eigenvalue weighted by atomic mass is 16.6. The molecular weight excluding hydrogens is 314 g/mol. The number of hydrogen-bond donors (Lipinski definition) is 0. The highest BCUT2D eigenvalue weighted by molar-refractivity contribution is 6.12. The van der Waals surface area contributed by atoms with Gasteiger partial charge >= 0.3 is 5.97 Å². The van der Waals surface area contributed by atoms with E-state index in [-0.39, 0.29) is 0 Å². The van der Waals surface area contributed by atoms with Gasteiger partial charge in [0.15, 0.2) is 5.70 Å². The molecule has 25 heavy (non-hydrogen) atoms. The molecule has 3 rings (SSSR count). The van der Waals surface area contributed by atoms with Gasteiger partial charge in [-0.2, -0.15) is 0 Å². The van der Waals surface area contributed by atoms with Gasteiger partial charge in [0.25, 0.3) is 0 Å². The van der Waals surface area contributed by atoms with E-state index >= 15 is 0 Å². The van der Waals surface area contributed by atoms with Crippen LogP contribution in [-0.4, -0.2) is 18.5 Å². The Bertz CT molecular complexity index is 819. The summed E-state index contributed by atoms with van der Waals surface area (Å²) in [5, 5.41) is 0. The van der Waals surface area contributed by atoms with Crippen LogP contribution in [0.25, 0.3) is 6.08 Å². The van der Waals surface area contributed by atoms with Gasteiger partial charge in [-0.3, -0.25) is 0 Å². The van der Waals surface area contributed by atoms with Crippen LogP contribution in [0, 0.1) is 6.92 Å². The number of unbranched alkanes of at least 4 members (excludes halogenated alkanes) is 1. The van der Waals surface area contributed by atoms with E-state index in [1.54, 1.807) is 6.08 Å². The smallest absolute Gasteiger partial charge is 0.363 e. The van der Waals surface area contributed by atoms with Gasteiger partial charge in [0, 0.05) is 5.56 Å². The molecule has 0 N–H and O–H groups in total. The first-order valence-corrected chi connectivity index (χ1v) is 8.48. The summed E-state index contributed by atoms with van der Waals surface area (Å²) < 4.78 is 10.9. The molecule has 0 unspecified atom stereocenters. The van der Waals surface area contributed by atoms with Crippen LogP contribution in [0.5, 0.6) is 5.75 Å². The van der Waals surface area contributed by atoms with Crippen molar-refractivity contribution in [2.45, 2.75) is 26.7 Å². The van der Waals surface area contributed by atoms with Gasteiger partial charge in [0.05, 0.1) is 6.61 Å². The van der Waals surface area contributed by atoms with E-state index < -0.39 is 5.97 Å². The van der Waals surface area contributed by atoms with Crippen LogP contribution in [0.1, 0.15) is 36.5 Å². The van der Waals surface area contributed by atoms with Crippen molar-refractivity contribution in [2.24, 2.45) is 4.99 Å². The highest BCUT2D eigenvalue weighted by Gasteiger charge is 2.24. The third-order valence-electron chi connectivity index (χ3n) is 3.84. The lowest BCUT2D eigenvalue weighted by Crippen LogP contribution is -2.05. The molecule has 1 aliphatic rings. The first kappa shape index (κ1) is 17.0. The number of benzene rings is 2. The van der Waals surface area contributed by atoms with E-state index in [1.165, 1.54) is 0 Å². The summed E-state index contributed by atoms with van der Waals surface area (Å²) >= 11 is 0. The minimum absolute atomic E-state index is 0.302.